The highest BCUT2D eigenvalue weighted by atomic mass is 16.7. The summed E-state index contributed by atoms with van der Waals surface area (Å²) in [4.78, 5) is 0. The lowest BCUT2D eigenvalue weighted by atomic mass is 9.99. The Morgan fingerprint density at radius 2 is 1.86 bits per heavy atom. The molecule has 6 N–H and O–H groups in total. The number of allylic oxidation sites excluding steroid dienone is 3. The first-order valence-corrected chi connectivity index (χ1v) is 9.00. The molecule has 0 spiro atoms. The maximum absolute atomic E-state index is 10.3. The van der Waals surface area contributed by atoms with Gasteiger partial charge in [-0.05, 0) is 37.7 Å². The summed E-state index contributed by atoms with van der Waals surface area (Å²) < 4.78 is 10.9. The highest BCUT2D eigenvalue weighted by Gasteiger charge is 2.45. The summed E-state index contributed by atoms with van der Waals surface area (Å²) in [5.74, 6) is 10.2. The van der Waals surface area contributed by atoms with Crippen molar-refractivity contribution in [3.63, 3.8) is 0 Å². The molecule has 156 valence electrons. The predicted molar refractivity (Wildman–Crippen MR) is 100 cm³/mol. The van der Waals surface area contributed by atoms with E-state index in [0.717, 1.165) is 0 Å². The summed E-state index contributed by atoms with van der Waals surface area (Å²) in [5, 5.41) is 58.2. The molecule has 1 fully saturated rings. The van der Waals surface area contributed by atoms with Gasteiger partial charge in [-0.15, -0.1) is 0 Å². The van der Waals surface area contributed by atoms with Gasteiger partial charge in [0.15, 0.2) is 6.29 Å². The van der Waals surface area contributed by atoms with Crippen LogP contribution < -0.4 is 0 Å². The van der Waals surface area contributed by atoms with Crippen LogP contribution in [0.3, 0.4) is 0 Å². The fourth-order valence-corrected chi connectivity index (χ4v) is 2.35. The second-order valence-corrected chi connectivity index (χ2v) is 6.08. The SMILES string of the molecule is C/C=C/C#CC#CC(O)C(/C=C\CCCO)O[C@@H]1O[C@H](CO)[C@@H](O)[C@H](O)[C@H]1O. The average Bonchev–Trinajstić information content (AvgIpc) is 2.69. The third-order valence-corrected chi connectivity index (χ3v) is 3.91. The van der Waals surface area contributed by atoms with Gasteiger partial charge in [0.25, 0.3) is 0 Å². The zero-order valence-corrected chi connectivity index (χ0v) is 15.7. The first-order chi connectivity index (χ1) is 13.5. The average molecular weight is 396 g/mol. The second kappa shape index (κ2) is 13.5. The molecule has 0 amide bonds. The lowest BCUT2D eigenvalue weighted by Crippen LogP contribution is -2.60. The Labute approximate surface area is 164 Å². The Kier molecular flexibility index (Phi) is 11.7. The Bertz CT molecular complexity index is 622. The van der Waals surface area contributed by atoms with Gasteiger partial charge in [0.1, 0.15) is 36.6 Å². The standard InChI is InChI=1S/C20H28O8/c1-2-3-4-5-7-10-14(23)15(11-8-6-9-12-21)27-20-19(26)18(25)17(24)16(13-22)28-20/h2-3,8,11,14-26H,6,9,12-13H2,1H3/b3-2+,11-8-/t14?,15?,16-,17-,18+,19-,20-/m1/s1. The van der Waals surface area contributed by atoms with Gasteiger partial charge < -0.3 is 40.1 Å². The molecule has 28 heavy (non-hydrogen) atoms. The minimum atomic E-state index is -1.60. The van der Waals surface area contributed by atoms with Gasteiger partial charge in [0.2, 0.25) is 0 Å². The zero-order valence-electron chi connectivity index (χ0n) is 15.7. The van der Waals surface area contributed by atoms with Crippen LogP contribution in [0.25, 0.3) is 0 Å². The van der Waals surface area contributed by atoms with Crippen LogP contribution in [0.4, 0.5) is 0 Å². The number of aliphatic hydroxyl groups excluding tert-OH is 6. The van der Waals surface area contributed by atoms with Crippen molar-refractivity contribution in [1.82, 2.24) is 0 Å². The van der Waals surface area contributed by atoms with E-state index in [9.17, 15) is 25.5 Å². The molecular weight excluding hydrogens is 368 g/mol. The molecule has 8 heteroatoms. The molecule has 0 aromatic heterocycles. The van der Waals surface area contributed by atoms with Gasteiger partial charge in [0, 0.05) is 6.61 Å². The number of unbranched alkanes of at least 4 members (excludes halogenated alkanes) is 1. The van der Waals surface area contributed by atoms with Crippen molar-refractivity contribution in [1.29, 1.82) is 0 Å². The molecule has 1 heterocycles. The van der Waals surface area contributed by atoms with Crippen molar-refractivity contribution >= 4 is 0 Å². The minimum absolute atomic E-state index is 0.00543. The van der Waals surface area contributed by atoms with Gasteiger partial charge in [-0.1, -0.05) is 30.1 Å². The van der Waals surface area contributed by atoms with Gasteiger partial charge in [-0.25, -0.2) is 0 Å². The normalized spacial score (nSPS) is 29.8. The van der Waals surface area contributed by atoms with Crippen molar-refractivity contribution in [3.05, 3.63) is 24.3 Å². The fourth-order valence-electron chi connectivity index (χ4n) is 2.35. The van der Waals surface area contributed by atoms with Crippen molar-refractivity contribution in [2.24, 2.45) is 0 Å². The fraction of sp³-hybridized carbons (Fsp3) is 0.600. The molecule has 1 saturated heterocycles. The summed E-state index contributed by atoms with van der Waals surface area (Å²) in [6, 6.07) is 0. The van der Waals surface area contributed by atoms with Crippen LogP contribution in [0, 0.1) is 23.7 Å². The lowest BCUT2D eigenvalue weighted by molar-refractivity contribution is -0.311. The van der Waals surface area contributed by atoms with Gasteiger partial charge in [-0.2, -0.15) is 0 Å². The largest absolute Gasteiger partial charge is 0.396 e. The maximum Gasteiger partial charge on any atom is 0.187 e. The molecule has 1 aliphatic heterocycles. The van der Waals surface area contributed by atoms with E-state index in [1.807, 2.05) is 0 Å². The van der Waals surface area contributed by atoms with Crippen molar-refractivity contribution in [2.45, 2.75) is 62.7 Å². The Morgan fingerprint density at radius 3 is 2.50 bits per heavy atom. The van der Waals surface area contributed by atoms with Gasteiger partial charge >= 0.3 is 0 Å². The Balaban J connectivity index is 2.92. The minimum Gasteiger partial charge on any atom is -0.396 e. The van der Waals surface area contributed by atoms with E-state index in [4.69, 9.17) is 14.6 Å². The predicted octanol–water partition coefficient (Wildman–Crippen LogP) is -1.56. The summed E-state index contributed by atoms with van der Waals surface area (Å²) in [6.07, 6.45) is -2.07. The van der Waals surface area contributed by atoms with Crippen LogP contribution in [-0.2, 0) is 9.47 Å². The number of hydrogen-bond donors (Lipinski definition) is 6. The van der Waals surface area contributed by atoms with Crippen LogP contribution in [0.5, 0.6) is 0 Å². The van der Waals surface area contributed by atoms with Crippen molar-refractivity contribution in [3.8, 4) is 23.7 Å². The molecule has 0 aromatic rings. The topological polar surface area (TPSA) is 140 Å². The molecule has 0 aliphatic carbocycles. The number of ether oxygens (including phenoxy) is 2. The number of hydrogen-bond acceptors (Lipinski definition) is 8. The van der Waals surface area contributed by atoms with E-state index in [0.29, 0.717) is 12.8 Å². The molecule has 1 rings (SSSR count). The van der Waals surface area contributed by atoms with Crippen LogP contribution in [0.2, 0.25) is 0 Å². The Hall–Kier alpha value is -1.72. The van der Waals surface area contributed by atoms with Crippen LogP contribution in [0.15, 0.2) is 24.3 Å². The molecule has 8 nitrogen and oxygen atoms in total. The highest BCUT2D eigenvalue weighted by molar-refractivity contribution is 5.32. The molecule has 0 saturated carbocycles. The summed E-state index contributed by atoms with van der Waals surface area (Å²) in [5.41, 5.74) is 0. The van der Waals surface area contributed by atoms with Crippen LogP contribution >= 0.6 is 0 Å². The highest BCUT2D eigenvalue weighted by Crippen LogP contribution is 2.23. The third-order valence-electron chi connectivity index (χ3n) is 3.91. The molecule has 0 bridgehead atoms. The smallest absolute Gasteiger partial charge is 0.187 e. The van der Waals surface area contributed by atoms with E-state index >= 15 is 0 Å². The molecule has 2 unspecified atom stereocenters. The van der Waals surface area contributed by atoms with E-state index < -0.39 is 49.5 Å². The van der Waals surface area contributed by atoms with Crippen LogP contribution in [-0.4, -0.2) is 86.8 Å². The van der Waals surface area contributed by atoms with E-state index in [-0.39, 0.29) is 6.61 Å². The molecule has 0 radical (unpaired) electrons. The summed E-state index contributed by atoms with van der Waals surface area (Å²) in [7, 11) is 0. The quantitative estimate of drug-likeness (QED) is 0.165. The van der Waals surface area contributed by atoms with Gasteiger partial charge in [0.05, 0.1) is 6.61 Å². The monoisotopic (exact) mass is 396 g/mol. The van der Waals surface area contributed by atoms with E-state index in [1.54, 1.807) is 25.2 Å². The van der Waals surface area contributed by atoms with E-state index in [2.05, 4.69) is 23.7 Å². The molecular formula is C20H28O8. The number of rotatable bonds is 8. The maximum atomic E-state index is 10.3. The van der Waals surface area contributed by atoms with Crippen LogP contribution in [0.1, 0.15) is 19.8 Å². The Morgan fingerprint density at radius 1 is 1.11 bits per heavy atom. The molecule has 7 atom stereocenters. The second-order valence-electron chi connectivity index (χ2n) is 6.08. The van der Waals surface area contributed by atoms with Crippen molar-refractivity contribution in [2.75, 3.05) is 13.2 Å². The molecule has 1 aliphatic rings. The summed E-state index contributed by atoms with van der Waals surface area (Å²) in [6.45, 7) is 1.22. The van der Waals surface area contributed by atoms with Crippen molar-refractivity contribution < 1.29 is 40.1 Å². The number of aliphatic hydroxyl groups is 6. The third kappa shape index (κ3) is 7.72. The lowest BCUT2D eigenvalue weighted by Gasteiger charge is -2.40. The van der Waals surface area contributed by atoms with E-state index in [1.165, 1.54) is 6.08 Å². The first kappa shape index (κ1) is 24.3. The summed E-state index contributed by atoms with van der Waals surface area (Å²) >= 11 is 0. The van der Waals surface area contributed by atoms with Gasteiger partial charge in [-0.3, -0.25) is 0 Å². The zero-order chi connectivity index (χ0) is 20.9. The molecule has 0 aromatic carbocycles. The first-order valence-electron chi connectivity index (χ1n) is 9.00.